The maximum Gasteiger partial charge on any atom is 0.323 e. The molecule has 11 nitrogen and oxygen atoms in total. The van der Waals surface area contributed by atoms with Crippen molar-refractivity contribution in [3.8, 4) is 0 Å². The largest absolute Gasteiger partial charge is 0.462 e. The Morgan fingerprint density at radius 2 is 2.04 bits per heavy atom. The van der Waals surface area contributed by atoms with Crippen LogP contribution in [0.4, 0.5) is 0 Å². The average Bonchev–Trinajstić information content (AvgIpc) is 3.11. The second-order valence-electron chi connectivity index (χ2n) is 5.86. The van der Waals surface area contributed by atoms with Crippen molar-refractivity contribution in [2.24, 2.45) is 17.4 Å². The first-order valence-electron chi connectivity index (χ1n) is 7.37. The maximum atomic E-state index is 11.7. The summed E-state index contributed by atoms with van der Waals surface area (Å²) in [4.78, 5) is 26.4. The van der Waals surface area contributed by atoms with Crippen LogP contribution in [0, 0.1) is 5.92 Å². The number of hydrogen-bond donors (Lipinski definition) is 4. The van der Waals surface area contributed by atoms with E-state index >= 15 is 0 Å². The van der Waals surface area contributed by atoms with Gasteiger partial charge in [0.15, 0.2) is 6.23 Å². The Morgan fingerprint density at radius 1 is 1.40 bits per heavy atom. The molecule has 0 aromatic carbocycles. The lowest BCUT2D eigenvalue weighted by Crippen LogP contribution is -2.40. The Hall–Kier alpha value is -1.79. The summed E-state index contributed by atoms with van der Waals surface area (Å²) >= 11 is 0. The third-order valence-corrected chi connectivity index (χ3v) is 3.71. The van der Waals surface area contributed by atoms with Crippen LogP contribution in [0.25, 0.3) is 0 Å². The topological polar surface area (TPSA) is 176 Å². The molecule has 2 heterocycles. The lowest BCUT2D eigenvalue weighted by molar-refractivity contribution is -0.152. The lowest BCUT2D eigenvalue weighted by Gasteiger charge is -2.18. The van der Waals surface area contributed by atoms with Gasteiger partial charge in [-0.2, -0.15) is 0 Å². The first-order chi connectivity index (χ1) is 11.2. The van der Waals surface area contributed by atoms with Gasteiger partial charge in [-0.3, -0.25) is 9.59 Å². The maximum absolute atomic E-state index is 11.7. The number of amides is 1. The quantitative estimate of drug-likeness (QED) is 0.243. The van der Waals surface area contributed by atoms with Gasteiger partial charge in [0, 0.05) is 0 Å². The van der Waals surface area contributed by atoms with E-state index in [-0.39, 0.29) is 30.8 Å². The van der Waals surface area contributed by atoms with Gasteiger partial charge in [-0.15, -0.1) is 17.5 Å². The van der Waals surface area contributed by atoms with Gasteiger partial charge in [-0.1, -0.05) is 13.8 Å². The van der Waals surface area contributed by atoms with Crippen LogP contribution >= 0.6 is 12.4 Å². The van der Waals surface area contributed by atoms with E-state index in [1.807, 2.05) is 0 Å². The molecule has 1 aromatic rings. The molecule has 5 atom stereocenters. The van der Waals surface area contributed by atoms with Crippen molar-refractivity contribution in [3.05, 3.63) is 12.2 Å². The number of esters is 1. The summed E-state index contributed by atoms with van der Waals surface area (Å²) < 4.78 is 11.5. The Kier molecular flexibility index (Phi) is 7.26. The molecule has 25 heavy (non-hydrogen) atoms. The van der Waals surface area contributed by atoms with Gasteiger partial charge in [0.05, 0.1) is 0 Å². The molecular formula is C13H22ClN5O6. The fourth-order valence-electron chi connectivity index (χ4n) is 2.13. The van der Waals surface area contributed by atoms with E-state index in [2.05, 4.69) is 10.1 Å². The van der Waals surface area contributed by atoms with Crippen LogP contribution in [0.5, 0.6) is 0 Å². The van der Waals surface area contributed by atoms with E-state index in [9.17, 15) is 19.8 Å². The monoisotopic (exact) mass is 386 g/mol. The number of nitrogens with two attached hydrogens (primary N) is 2. The highest BCUT2D eigenvalue weighted by Gasteiger charge is 2.45. The Labute approximate surface area is 149 Å². The Balaban J connectivity index is 0.00000312. The molecule has 0 spiro atoms. The van der Waals surface area contributed by atoms with Crippen molar-refractivity contribution in [3.63, 3.8) is 0 Å². The first-order valence-corrected chi connectivity index (χ1v) is 7.37. The molecule has 0 saturated carbocycles. The molecule has 1 amide bonds. The predicted molar refractivity (Wildman–Crippen MR) is 85.5 cm³/mol. The fraction of sp³-hybridized carbons (Fsp3) is 0.692. The third kappa shape index (κ3) is 4.64. The summed E-state index contributed by atoms with van der Waals surface area (Å²) in [6.07, 6.45) is -3.60. The first kappa shape index (κ1) is 21.3. The normalized spacial score (nSPS) is 27.0. The summed E-state index contributed by atoms with van der Waals surface area (Å²) in [5, 5.41) is 23.8. The molecule has 6 N–H and O–H groups in total. The zero-order valence-corrected chi connectivity index (χ0v) is 14.5. The van der Waals surface area contributed by atoms with Crippen molar-refractivity contribution in [1.82, 2.24) is 14.8 Å². The zero-order chi connectivity index (χ0) is 18.0. The molecule has 1 aliphatic heterocycles. The molecule has 142 valence electrons. The number of aromatic nitrogens is 3. The highest BCUT2D eigenvalue weighted by Crippen LogP contribution is 2.29. The average molecular weight is 387 g/mol. The van der Waals surface area contributed by atoms with E-state index < -0.39 is 42.5 Å². The molecule has 1 saturated heterocycles. The molecule has 1 fully saturated rings. The molecule has 0 bridgehead atoms. The number of aliphatic hydroxyl groups is 2. The van der Waals surface area contributed by atoms with Gasteiger partial charge in [-0.25, -0.2) is 9.67 Å². The summed E-state index contributed by atoms with van der Waals surface area (Å²) in [5.74, 6) is -1.82. The minimum absolute atomic E-state index is 0. The van der Waals surface area contributed by atoms with Crippen LogP contribution in [-0.4, -0.2) is 67.8 Å². The second kappa shape index (κ2) is 8.54. The van der Waals surface area contributed by atoms with Crippen molar-refractivity contribution in [2.75, 3.05) is 6.61 Å². The van der Waals surface area contributed by atoms with Crippen LogP contribution in [0.15, 0.2) is 6.33 Å². The molecule has 12 heteroatoms. The van der Waals surface area contributed by atoms with Crippen LogP contribution in [0.3, 0.4) is 0 Å². The van der Waals surface area contributed by atoms with Crippen LogP contribution in [0.2, 0.25) is 0 Å². The van der Waals surface area contributed by atoms with Crippen molar-refractivity contribution in [2.45, 2.75) is 44.4 Å². The number of primary amides is 1. The van der Waals surface area contributed by atoms with Gasteiger partial charge in [0.1, 0.15) is 37.3 Å². The molecule has 1 aliphatic rings. The summed E-state index contributed by atoms with van der Waals surface area (Å²) in [6, 6.07) is -0.794. The molecule has 0 radical (unpaired) electrons. The molecule has 2 rings (SSSR count). The number of aliphatic hydroxyl groups excluding tert-OH is 2. The van der Waals surface area contributed by atoms with E-state index in [0.717, 1.165) is 11.0 Å². The number of halogens is 1. The van der Waals surface area contributed by atoms with Gasteiger partial charge in [0.2, 0.25) is 5.82 Å². The van der Waals surface area contributed by atoms with E-state index in [4.69, 9.17) is 20.9 Å². The second-order valence-corrected chi connectivity index (χ2v) is 5.86. The third-order valence-electron chi connectivity index (χ3n) is 3.71. The molecular weight excluding hydrogens is 365 g/mol. The highest BCUT2D eigenvalue weighted by atomic mass is 35.5. The Bertz CT molecular complexity index is 611. The zero-order valence-electron chi connectivity index (χ0n) is 13.7. The van der Waals surface area contributed by atoms with Gasteiger partial charge >= 0.3 is 5.97 Å². The van der Waals surface area contributed by atoms with Gasteiger partial charge in [-0.05, 0) is 5.92 Å². The SMILES string of the molecule is CC(C)[C@H](N)C(=O)OC[C@@H]1O[C@H]([15n]2[13cH][15n][13c]([13C]([15NH2])=O)[15n]2)[C@@H](O)[C@H]1O.Cl. The summed E-state index contributed by atoms with van der Waals surface area (Å²) in [6.45, 7) is 3.26. The number of nitrogens with zero attached hydrogens (tertiary/aromatic N) is 3. The van der Waals surface area contributed by atoms with Gasteiger partial charge in [0.25, 0.3) is 5.91 Å². The predicted octanol–water partition coefficient (Wildman–Crippen LogP) is -2.06. The number of rotatable bonds is 6. The van der Waals surface area contributed by atoms with Gasteiger partial charge < -0.3 is 31.2 Å². The summed E-state index contributed by atoms with van der Waals surface area (Å²) in [5.41, 5.74) is 10.7. The van der Waals surface area contributed by atoms with E-state index in [1.165, 1.54) is 0 Å². The number of hydrogen-bond acceptors (Lipinski definition) is 9. The van der Waals surface area contributed by atoms with E-state index in [1.54, 1.807) is 13.8 Å². The van der Waals surface area contributed by atoms with Crippen molar-refractivity contribution < 1.29 is 29.3 Å². The smallest absolute Gasteiger partial charge is 0.323 e. The minimum Gasteiger partial charge on any atom is -0.462 e. The van der Waals surface area contributed by atoms with Crippen molar-refractivity contribution in [1.29, 1.82) is 0 Å². The number of ether oxygens (including phenoxy) is 2. The fourth-order valence-corrected chi connectivity index (χ4v) is 2.13. The lowest BCUT2D eigenvalue weighted by atomic mass is 10.1. The standard InChI is InChI=1S/C13H21N5O6.ClH/c1-5(2)7(14)13(22)23-3-6-8(19)9(20)12(24-6)18-4-16-11(17-18)10(15)21;/h4-9,12,19-20H,3,14H2,1-2H3,(H2,15,21);1H/t6-,7-,8-,9-,12-;/m0./s1/i4+1,10+1,11+1,15+1,16+1,17+1,18+1;. The van der Waals surface area contributed by atoms with Crippen LogP contribution < -0.4 is 11.5 Å². The molecule has 1 aromatic heterocycles. The van der Waals surface area contributed by atoms with Crippen LogP contribution in [0.1, 0.15) is 30.7 Å². The summed E-state index contributed by atoms with van der Waals surface area (Å²) in [7, 11) is 0. The molecule has 0 unspecified atom stereocenters. The number of carbonyl (C=O) groups excluding carboxylic acids is 2. The minimum atomic E-state index is -1.35. The highest BCUT2D eigenvalue weighted by molar-refractivity contribution is 5.88. The molecule has 0 aliphatic carbocycles. The van der Waals surface area contributed by atoms with Crippen LogP contribution in [-0.2, 0) is 14.3 Å². The Morgan fingerprint density at radius 3 is 2.56 bits per heavy atom. The number of carbonyl (C=O) groups is 2. The van der Waals surface area contributed by atoms with E-state index in [0.29, 0.717) is 0 Å². The van der Waals surface area contributed by atoms with Crippen molar-refractivity contribution >= 4 is 24.3 Å².